The van der Waals surface area contributed by atoms with E-state index in [0.29, 0.717) is 12.6 Å². The van der Waals surface area contributed by atoms with Crippen LogP contribution in [0.5, 0.6) is 0 Å². The zero-order valence-electron chi connectivity index (χ0n) is 15.4. The molecule has 7 heteroatoms. The third-order valence-corrected chi connectivity index (χ3v) is 6.12. The van der Waals surface area contributed by atoms with Crippen molar-refractivity contribution in [1.82, 2.24) is 9.80 Å². The van der Waals surface area contributed by atoms with Gasteiger partial charge in [-0.3, -0.25) is 9.79 Å². The van der Waals surface area contributed by atoms with E-state index in [1.54, 1.807) is 30.8 Å². The average molecular weight is 400 g/mol. The summed E-state index contributed by atoms with van der Waals surface area (Å²) in [6, 6.07) is 6.79. The number of nitrogens with zero attached hydrogens (tertiary/aromatic N) is 3. The molecule has 0 bridgehead atoms. The van der Waals surface area contributed by atoms with Crippen LogP contribution in [-0.4, -0.2) is 45.9 Å². The van der Waals surface area contributed by atoms with E-state index in [0.717, 1.165) is 16.5 Å². The number of carbonyl (C=O) groups is 1. The Hall–Kier alpha value is -1.27. The third-order valence-electron chi connectivity index (χ3n) is 5.01. The molecule has 0 radical (unpaired) electrons. The van der Waals surface area contributed by atoms with Crippen LogP contribution in [0.2, 0.25) is 0 Å². The van der Waals surface area contributed by atoms with Gasteiger partial charge in [-0.15, -0.1) is 12.4 Å². The molecule has 0 spiro atoms. The summed E-state index contributed by atoms with van der Waals surface area (Å²) in [5.74, 6) is 0.595. The summed E-state index contributed by atoms with van der Waals surface area (Å²) in [6.07, 6.45) is 6.20. The average Bonchev–Trinajstić information content (AvgIpc) is 2.95. The van der Waals surface area contributed by atoms with Crippen molar-refractivity contribution >= 4 is 35.2 Å². The summed E-state index contributed by atoms with van der Waals surface area (Å²) in [4.78, 5) is 21.1. The first-order chi connectivity index (χ1) is 12.0. The lowest BCUT2D eigenvalue weighted by Crippen LogP contribution is -2.47. The maximum Gasteiger partial charge on any atom is 0.221 e. The molecule has 26 heavy (non-hydrogen) atoms. The van der Waals surface area contributed by atoms with E-state index in [4.69, 9.17) is 4.99 Å². The van der Waals surface area contributed by atoms with E-state index in [9.17, 15) is 9.18 Å². The molecule has 4 nitrogen and oxygen atoms in total. The molecule has 1 aliphatic heterocycles. The zero-order chi connectivity index (χ0) is 17.8. The van der Waals surface area contributed by atoms with Gasteiger partial charge in [-0.25, -0.2) is 4.39 Å². The van der Waals surface area contributed by atoms with Crippen LogP contribution in [0.15, 0.2) is 29.3 Å². The first-order valence-corrected chi connectivity index (χ1v) is 9.98. The molecule has 2 aliphatic rings. The maximum absolute atomic E-state index is 13.1. The Labute approximate surface area is 165 Å². The number of amides is 1. The van der Waals surface area contributed by atoms with Crippen LogP contribution in [0.3, 0.4) is 0 Å². The van der Waals surface area contributed by atoms with Crippen LogP contribution >= 0.6 is 24.2 Å². The minimum absolute atomic E-state index is 0. The van der Waals surface area contributed by atoms with Crippen LogP contribution in [0.4, 0.5) is 4.39 Å². The molecule has 0 N–H and O–H groups in total. The predicted molar refractivity (Wildman–Crippen MR) is 108 cm³/mol. The summed E-state index contributed by atoms with van der Waals surface area (Å²) in [6.45, 7) is 2.08. The molecule has 1 unspecified atom stereocenters. The molecule has 1 aromatic carbocycles. The molecule has 1 atom stereocenters. The normalized spacial score (nSPS) is 22.3. The van der Waals surface area contributed by atoms with Crippen molar-refractivity contribution in [1.29, 1.82) is 0 Å². The van der Waals surface area contributed by atoms with Gasteiger partial charge in [0.2, 0.25) is 5.91 Å². The fraction of sp³-hybridized carbons (Fsp3) is 0.579. The Kier molecular flexibility index (Phi) is 7.77. The van der Waals surface area contributed by atoms with Gasteiger partial charge in [-0.05, 0) is 30.5 Å². The lowest BCUT2D eigenvalue weighted by molar-refractivity contribution is -0.133. The number of carbonyl (C=O) groups excluding carboxylic acids is 1. The molecule has 1 saturated heterocycles. The summed E-state index contributed by atoms with van der Waals surface area (Å²) < 4.78 is 13.1. The standard InChI is InChI=1S/C19H26FN3OS.ClH/c1-14(24)23(12-15-8-10-16(20)11-9-15)18-13-25-19(22(18)2)21-17-6-4-3-5-7-17;/h8-11,17-18H,3-7,12-13H2,1-2H3;1H. The van der Waals surface area contributed by atoms with E-state index in [1.165, 1.54) is 44.2 Å². The van der Waals surface area contributed by atoms with Crippen LogP contribution < -0.4 is 0 Å². The molecule has 1 saturated carbocycles. The first kappa shape index (κ1) is 21.0. The lowest BCUT2D eigenvalue weighted by atomic mass is 9.96. The Morgan fingerprint density at radius 3 is 2.54 bits per heavy atom. The Morgan fingerprint density at radius 1 is 1.27 bits per heavy atom. The van der Waals surface area contributed by atoms with Crippen molar-refractivity contribution in [3.63, 3.8) is 0 Å². The van der Waals surface area contributed by atoms with Gasteiger partial charge in [-0.2, -0.15) is 0 Å². The highest BCUT2D eigenvalue weighted by atomic mass is 35.5. The van der Waals surface area contributed by atoms with Gasteiger partial charge in [0, 0.05) is 26.3 Å². The Morgan fingerprint density at radius 2 is 1.92 bits per heavy atom. The van der Waals surface area contributed by atoms with E-state index in [2.05, 4.69) is 4.90 Å². The minimum atomic E-state index is -0.256. The van der Waals surface area contributed by atoms with E-state index >= 15 is 0 Å². The molecular formula is C19H27ClFN3OS. The molecule has 3 rings (SSSR count). The number of halogens is 2. The smallest absolute Gasteiger partial charge is 0.221 e. The molecular weight excluding hydrogens is 373 g/mol. The topological polar surface area (TPSA) is 35.9 Å². The van der Waals surface area contributed by atoms with E-state index in [1.807, 2.05) is 11.9 Å². The maximum atomic E-state index is 13.1. The van der Waals surface area contributed by atoms with Crippen molar-refractivity contribution in [2.24, 2.45) is 4.99 Å². The van der Waals surface area contributed by atoms with Gasteiger partial charge in [0.15, 0.2) is 5.17 Å². The number of hydrogen-bond donors (Lipinski definition) is 0. The third kappa shape index (κ3) is 5.13. The molecule has 1 aromatic rings. The summed E-state index contributed by atoms with van der Waals surface area (Å²) in [5, 5.41) is 1.04. The molecule has 1 aliphatic carbocycles. The Balaban J connectivity index is 0.00000243. The first-order valence-electron chi connectivity index (χ1n) is 8.99. The van der Waals surface area contributed by atoms with Crippen LogP contribution in [-0.2, 0) is 11.3 Å². The number of amidine groups is 1. The minimum Gasteiger partial charge on any atom is -0.333 e. The molecule has 1 amide bonds. The quantitative estimate of drug-likeness (QED) is 0.757. The fourth-order valence-electron chi connectivity index (χ4n) is 3.50. The summed E-state index contributed by atoms with van der Waals surface area (Å²) >= 11 is 1.73. The van der Waals surface area contributed by atoms with Gasteiger partial charge in [-0.1, -0.05) is 43.2 Å². The van der Waals surface area contributed by atoms with Gasteiger partial charge in [0.25, 0.3) is 0 Å². The zero-order valence-corrected chi connectivity index (χ0v) is 17.0. The second-order valence-electron chi connectivity index (χ2n) is 6.88. The summed E-state index contributed by atoms with van der Waals surface area (Å²) in [7, 11) is 2.02. The number of aliphatic imine (C=N–C) groups is 1. The van der Waals surface area contributed by atoms with Crippen molar-refractivity contribution in [3.8, 4) is 0 Å². The van der Waals surface area contributed by atoms with Gasteiger partial charge in [0.05, 0.1) is 6.04 Å². The van der Waals surface area contributed by atoms with Crippen molar-refractivity contribution in [2.75, 3.05) is 12.8 Å². The highest BCUT2D eigenvalue weighted by Crippen LogP contribution is 2.29. The van der Waals surface area contributed by atoms with Crippen LogP contribution in [0, 0.1) is 5.82 Å². The SMILES string of the molecule is CC(=O)N(Cc1ccc(F)cc1)C1CSC(=NC2CCCCC2)N1C.Cl. The van der Waals surface area contributed by atoms with Gasteiger partial charge < -0.3 is 9.80 Å². The second kappa shape index (κ2) is 9.60. The van der Waals surface area contributed by atoms with Gasteiger partial charge in [0.1, 0.15) is 12.0 Å². The monoisotopic (exact) mass is 399 g/mol. The largest absolute Gasteiger partial charge is 0.333 e. The number of thioether (sulfide) groups is 1. The highest BCUT2D eigenvalue weighted by molar-refractivity contribution is 8.14. The van der Waals surface area contributed by atoms with Crippen molar-refractivity contribution < 1.29 is 9.18 Å². The fourth-order valence-corrected chi connectivity index (χ4v) is 4.75. The number of benzene rings is 1. The predicted octanol–water partition coefficient (Wildman–Crippen LogP) is 4.29. The highest BCUT2D eigenvalue weighted by Gasteiger charge is 2.34. The molecule has 2 fully saturated rings. The van der Waals surface area contributed by atoms with Crippen LogP contribution in [0.25, 0.3) is 0 Å². The molecule has 1 heterocycles. The van der Waals surface area contributed by atoms with Crippen LogP contribution in [0.1, 0.15) is 44.6 Å². The van der Waals surface area contributed by atoms with E-state index < -0.39 is 0 Å². The number of rotatable bonds is 4. The lowest BCUT2D eigenvalue weighted by Gasteiger charge is -2.33. The number of hydrogen-bond acceptors (Lipinski definition) is 3. The van der Waals surface area contributed by atoms with Crippen molar-refractivity contribution in [2.45, 2.75) is 57.8 Å². The van der Waals surface area contributed by atoms with Crippen molar-refractivity contribution in [3.05, 3.63) is 35.6 Å². The molecule has 0 aromatic heterocycles. The Bertz CT molecular complexity index is 634. The second-order valence-corrected chi connectivity index (χ2v) is 7.87. The summed E-state index contributed by atoms with van der Waals surface area (Å²) in [5.41, 5.74) is 0.938. The van der Waals surface area contributed by atoms with E-state index in [-0.39, 0.29) is 30.3 Å². The molecule has 144 valence electrons. The van der Waals surface area contributed by atoms with Gasteiger partial charge >= 0.3 is 0 Å².